The molecule has 0 bridgehead atoms. The summed E-state index contributed by atoms with van der Waals surface area (Å²) < 4.78 is 20.7. The number of rotatable bonds is 2. The molecule has 3 nitrogen and oxygen atoms in total. The van der Waals surface area contributed by atoms with Gasteiger partial charge in [0, 0.05) is 0 Å². The molecule has 0 aliphatic carbocycles. The largest absolute Gasteiger partial charge is 0.382 e. The van der Waals surface area contributed by atoms with E-state index in [2.05, 4.69) is 8.75 Å². The van der Waals surface area contributed by atoms with Gasteiger partial charge in [-0.2, -0.15) is 8.75 Å². The van der Waals surface area contributed by atoms with Crippen LogP contribution >= 0.6 is 11.7 Å². The minimum Gasteiger partial charge on any atom is -0.382 e. The zero-order valence-electron chi connectivity index (χ0n) is 8.01. The van der Waals surface area contributed by atoms with Gasteiger partial charge in [0.25, 0.3) is 0 Å². The summed E-state index contributed by atoms with van der Waals surface area (Å²) in [5.41, 5.74) is 1.81. The third-order valence-electron chi connectivity index (χ3n) is 2.19. The number of nitrogens with zero attached hydrogens (tertiary/aromatic N) is 2. The zero-order chi connectivity index (χ0) is 10.8. The molecule has 0 aliphatic rings. The van der Waals surface area contributed by atoms with Gasteiger partial charge in [-0.15, -0.1) is 0 Å². The second-order valence-corrected chi connectivity index (χ2v) is 3.79. The van der Waals surface area contributed by atoms with Crippen LogP contribution in [0, 0.1) is 12.7 Å². The highest BCUT2D eigenvalue weighted by Gasteiger charge is 2.15. The van der Waals surface area contributed by atoms with E-state index in [1.165, 1.54) is 18.3 Å². The highest BCUT2D eigenvalue weighted by atomic mass is 32.1. The number of aliphatic hydroxyl groups excluding tert-OH is 1. The number of aryl methyl sites for hydroxylation is 1. The molecule has 0 saturated heterocycles. The zero-order valence-corrected chi connectivity index (χ0v) is 8.83. The third kappa shape index (κ3) is 2.03. The monoisotopic (exact) mass is 224 g/mol. The van der Waals surface area contributed by atoms with E-state index in [4.69, 9.17) is 0 Å². The molecule has 1 N–H and O–H groups in total. The number of halogens is 1. The van der Waals surface area contributed by atoms with Gasteiger partial charge in [0.1, 0.15) is 17.6 Å². The lowest BCUT2D eigenvalue weighted by Crippen LogP contribution is -2.02. The van der Waals surface area contributed by atoms with Crippen molar-refractivity contribution in [3.05, 3.63) is 47.0 Å². The van der Waals surface area contributed by atoms with Crippen LogP contribution in [0.1, 0.15) is 22.9 Å². The van der Waals surface area contributed by atoms with Gasteiger partial charge in [-0.05, 0) is 30.2 Å². The van der Waals surface area contributed by atoms with E-state index in [1.54, 1.807) is 6.07 Å². The standard InChI is InChI=1S/C10H9FN2OS/c1-6-2-3-7(11)4-8(6)10(14)9-5-12-15-13-9/h2-5,10,14H,1H3. The van der Waals surface area contributed by atoms with Crippen molar-refractivity contribution in [2.75, 3.05) is 0 Å². The summed E-state index contributed by atoms with van der Waals surface area (Å²) in [7, 11) is 0. The molecule has 1 heterocycles. The summed E-state index contributed by atoms with van der Waals surface area (Å²) >= 11 is 1.02. The van der Waals surface area contributed by atoms with E-state index < -0.39 is 6.10 Å². The van der Waals surface area contributed by atoms with Gasteiger partial charge >= 0.3 is 0 Å². The SMILES string of the molecule is Cc1ccc(F)cc1C(O)c1cnsn1. The molecule has 15 heavy (non-hydrogen) atoms. The summed E-state index contributed by atoms with van der Waals surface area (Å²) in [5.74, 6) is -0.363. The maximum Gasteiger partial charge on any atom is 0.124 e. The first-order chi connectivity index (χ1) is 7.18. The summed E-state index contributed by atoms with van der Waals surface area (Å²) in [6.45, 7) is 1.82. The molecule has 5 heteroatoms. The minimum atomic E-state index is -0.903. The van der Waals surface area contributed by atoms with Gasteiger partial charge in [-0.1, -0.05) is 6.07 Å². The van der Waals surface area contributed by atoms with E-state index in [0.717, 1.165) is 17.3 Å². The molecule has 0 saturated carbocycles. The third-order valence-corrected chi connectivity index (χ3v) is 2.69. The molecule has 0 fully saturated rings. The van der Waals surface area contributed by atoms with Crippen molar-refractivity contribution in [1.29, 1.82) is 0 Å². The fourth-order valence-electron chi connectivity index (χ4n) is 1.36. The van der Waals surface area contributed by atoms with Crippen LogP contribution < -0.4 is 0 Å². The Morgan fingerprint density at radius 1 is 1.47 bits per heavy atom. The molecule has 1 aromatic heterocycles. The van der Waals surface area contributed by atoms with Crippen molar-refractivity contribution in [3.63, 3.8) is 0 Å². The van der Waals surface area contributed by atoms with Gasteiger partial charge in [0.05, 0.1) is 17.9 Å². The van der Waals surface area contributed by atoms with Crippen LogP contribution in [0.4, 0.5) is 4.39 Å². The lowest BCUT2D eigenvalue weighted by molar-refractivity contribution is 0.215. The summed E-state index contributed by atoms with van der Waals surface area (Å²) in [5, 5.41) is 9.92. The van der Waals surface area contributed by atoms with Crippen molar-refractivity contribution < 1.29 is 9.50 Å². The van der Waals surface area contributed by atoms with Crippen molar-refractivity contribution in [1.82, 2.24) is 8.75 Å². The van der Waals surface area contributed by atoms with Crippen LogP contribution in [0.2, 0.25) is 0 Å². The lowest BCUT2D eigenvalue weighted by atomic mass is 10.0. The van der Waals surface area contributed by atoms with Crippen molar-refractivity contribution in [2.24, 2.45) is 0 Å². The average molecular weight is 224 g/mol. The minimum absolute atomic E-state index is 0.363. The second-order valence-electron chi connectivity index (χ2n) is 3.24. The van der Waals surface area contributed by atoms with E-state index in [0.29, 0.717) is 11.3 Å². The van der Waals surface area contributed by atoms with Crippen LogP contribution in [0.3, 0.4) is 0 Å². The molecule has 2 rings (SSSR count). The molecule has 1 atom stereocenters. The molecule has 0 aliphatic heterocycles. The second kappa shape index (κ2) is 4.04. The molecular formula is C10H9FN2OS. The van der Waals surface area contributed by atoms with Crippen molar-refractivity contribution in [3.8, 4) is 0 Å². The molecule has 2 aromatic rings. The van der Waals surface area contributed by atoms with Crippen LogP contribution in [-0.4, -0.2) is 13.9 Å². The molecular weight excluding hydrogens is 215 g/mol. The van der Waals surface area contributed by atoms with Gasteiger partial charge in [-0.25, -0.2) is 4.39 Å². The molecule has 78 valence electrons. The van der Waals surface area contributed by atoms with Gasteiger partial charge < -0.3 is 5.11 Å². The Hall–Kier alpha value is -1.33. The number of hydrogen-bond acceptors (Lipinski definition) is 4. The smallest absolute Gasteiger partial charge is 0.124 e. The van der Waals surface area contributed by atoms with E-state index in [-0.39, 0.29) is 5.82 Å². The van der Waals surface area contributed by atoms with Gasteiger partial charge in [-0.3, -0.25) is 0 Å². The van der Waals surface area contributed by atoms with E-state index in [9.17, 15) is 9.50 Å². The van der Waals surface area contributed by atoms with E-state index >= 15 is 0 Å². The normalized spacial score (nSPS) is 12.7. The fraction of sp³-hybridized carbons (Fsp3) is 0.200. The maximum absolute atomic E-state index is 13.0. The molecule has 1 aromatic carbocycles. The molecule has 0 amide bonds. The highest BCUT2D eigenvalue weighted by molar-refractivity contribution is 6.99. The first-order valence-corrected chi connectivity index (χ1v) is 5.13. The number of aliphatic hydroxyl groups is 1. The van der Waals surface area contributed by atoms with Crippen LogP contribution in [0.5, 0.6) is 0 Å². The first kappa shape index (κ1) is 10.2. The molecule has 1 unspecified atom stereocenters. The fourth-order valence-corrected chi connectivity index (χ4v) is 1.80. The number of benzene rings is 1. The van der Waals surface area contributed by atoms with Gasteiger partial charge in [0.2, 0.25) is 0 Å². The Kier molecular flexibility index (Phi) is 2.75. The Balaban J connectivity index is 2.41. The van der Waals surface area contributed by atoms with Crippen LogP contribution in [0.15, 0.2) is 24.4 Å². The Labute approximate surface area is 90.5 Å². The number of aromatic nitrogens is 2. The van der Waals surface area contributed by atoms with Crippen LogP contribution in [0.25, 0.3) is 0 Å². The van der Waals surface area contributed by atoms with E-state index in [1.807, 2.05) is 6.92 Å². The Morgan fingerprint density at radius 3 is 2.93 bits per heavy atom. The van der Waals surface area contributed by atoms with Crippen LogP contribution in [-0.2, 0) is 0 Å². The Morgan fingerprint density at radius 2 is 2.27 bits per heavy atom. The van der Waals surface area contributed by atoms with Gasteiger partial charge in [0.15, 0.2) is 0 Å². The lowest BCUT2D eigenvalue weighted by Gasteiger charge is -2.10. The molecule has 0 radical (unpaired) electrons. The highest BCUT2D eigenvalue weighted by Crippen LogP contribution is 2.24. The Bertz CT molecular complexity index is 458. The quantitative estimate of drug-likeness (QED) is 0.849. The summed E-state index contributed by atoms with van der Waals surface area (Å²) in [4.78, 5) is 0. The summed E-state index contributed by atoms with van der Waals surface area (Å²) in [6, 6.07) is 4.32. The van der Waals surface area contributed by atoms with Crippen molar-refractivity contribution in [2.45, 2.75) is 13.0 Å². The number of hydrogen-bond donors (Lipinski definition) is 1. The van der Waals surface area contributed by atoms with Crippen molar-refractivity contribution >= 4 is 11.7 Å². The predicted octanol–water partition coefficient (Wildman–Crippen LogP) is 2.07. The average Bonchev–Trinajstić information content (AvgIpc) is 2.74. The molecule has 0 spiro atoms. The summed E-state index contributed by atoms with van der Waals surface area (Å²) in [6.07, 6.45) is 0.583. The maximum atomic E-state index is 13.0. The first-order valence-electron chi connectivity index (χ1n) is 4.40. The topological polar surface area (TPSA) is 46.0 Å². The predicted molar refractivity (Wildman–Crippen MR) is 55.1 cm³/mol.